The minimum atomic E-state index is 0.658. The number of aryl methyl sites for hydroxylation is 1. The van der Waals surface area contributed by atoms with Crippen LogP contribution in [-0.4, -0.2) is 4.98 Å². The lowest BCUT2D eigenvalue weighted by molar-refractivity contribution is 1.42. The third-order valence-electron chi connectivity index (χ3n) is 2.81. The number of nitrogens with one attached hydrogen (secondary N) is 1. The van der Waals surface area contributed by atoms with E-state index in [2.05, 4.69) is 41.5 Å². The molecule has 3 aromatic rings. The summed E-state index contributed by atoms with van der Waals surface area (Å²) in [5.74, 6) is 0. The van der Waals surface area contributed by atoms with Crippen LogP contribution in [0.1, 0.15) is 11.1 Å². The quantitative estimate of drug-likeness (QED) is 0.754. The van der Waals surface area contributed by atoms with Gasteiger partial charge in [-0.15, -0.1) is 0 Å². The maximum Gasteiger partial charge on any atom is 0.188 e. The van der Waals surface area contributed by atoms with E-state index in [4.69, 9.17) is 5.26 Å². The zero-order chi connectivity index (χ0) is 13.2. The fraction of sp³-hybridized carbons (Fsp3) is 0.0667. The van der Waals surface area contributed by atoms with Gasteiger partial charge in [-0.25, -0.2) is 4.98 Å². The Bertz CT molecular complexity index is 766. The summed E-state index contributed by atoms with van der Waals surface area (Å²) in [5.41, 5.74) is 3.82. The van der Waals surface area contributed by atoms with E-state index < -0.39 is 0 Å². The highest BCUT2D eigenvalue weighted by molar-refractivity contribution is 7.22. The molecule has 92 valence electrons. The first-order valence-corrected chi connectivity index (χ1v) is 6.70. The zero-order valence-corrected chi connectivity index (χ0v) is 11.2. The summed E-state index contributed by atoms with van der Waals surface area (Å²) in [6.45, 7) is 2.06. The van der Waals surface area contributed by atoms with Crippen molar-refractivity contribution in [2.75, 3.05) is 5.32 Å². The number of thiazole rings is 1. The number of aromatic nitrogens is 1. The molecule has 0 unspecified atom stereocenters. The van der Waals surface area contributed by atoms with Crippen molar-refractivity contribution in [2.45, 2.75) is 6.92 Å². The summed E-state index contributed by atoms with van der Waals surface area (Å²) in [7, 11) is 0. The summed E-state index contributed by atoms with van der Waals surface area (Å²) < 4.78 is 1.17. The van der Waals surface area contributed by atoms with Gasteiger partial charge in [0, 0.05) is 5.69 Å². The van der Waals surface area contributed by atoms with Gasteiger partial charge in [-0.2, -0.15) is 5.26 Å². The predicted molar refractivity (Wildman–Crippen MR) is 78.8 cm³/mol. The fourth-order valence-electron chi connectivity index (χ4n) is 1.84. The minimum Gasteiger partial charge on any atom is -0.332 e. The molecule has 4 heteroatoms. The molecule has 1 N–H and O–H groups in total. The average molecular weight is 265 g/mol. The molecule has 3 rings (SSSR count). The van der Waals surface area contributed by atoms with Crippen LogP contribution in [0.5, 0.6) is 0 Å². The SMILES string of the molecule is Cc1ccc2sc(Nc3ccc(C#N)cc3)nc2c1. The van der Waals surface area contributed by atoms with Crippen LogP contribution in [0.25, 0.3) is 10.2 Å². The molecule has 1 heterocycles. The highest BCUT2D eigenvalue weighted by Gasteiger charge is 2.04. The second-order valence-corrected chi connectivity index (χ2v) is 5.33. The van der Waals surface area contributed by atoms with Crippen LogP contribution in [0.2, 0.25) is 0 Å². The Hall–Kier alpha value is -2.38. The zero-order valence-electron chi connectivity index (χ0n) is 10.3. The molecule has 1 aromatic heterocycles. The summed E-state index contributed by atoms with van der Waals surface area (Å²) in [5, 5.41) is 12.9. The fourth-order valence-corrected chi connectivity index (χ4v) is 2.71. The van der Waals surface area contributed by atoms with Crippen LogP contribution < -0.4 is 5.32 Å². The number of hydrogen-bond donors (Lipinski definition) is 1. The van der Waals surface area contributed by atoms with Gasteiger partial charge in [0.15, 0.2) is 5.13 Å². The van der Waals surface area contributed by atoms with Crippen molar-refractivity contribution in [3.8, 4) is 6.07 Å². The van der Waals surface area contributed by atoms with E-state index in [1.807, 2.05) is 12.1 Å². The molecule has 0 aliphatic heterocycles. The Balaban J connectivity index is 1.90. The first kappa shape index (κ1) is 11.7. The number of nitrogens with zero attached hydrogens (tertiary/aromatic N) is 2. The van der Waals surface area contributed by atoms with E-state index in [9.17, 15) is 0 Å². The summed E-state index contributed by atoms with van der Waals surface area (Å²) >= 11 is 1.62. The lowest BCUT2D eigenvalue weighted by Crippen LogP contribution is -1.88. The van der Waals surface area contributed by atoms with Crippen LogP contribution in [0.3, 0.4) is 0 Å². The van der Waals surface area contributed by atoms with Gasteiger partial charge in [0.1, 0.15) is 0 Å². The molecular formula is C15H11N3S. The van der Waals surface area contributed by atoms with Crippen LogP contribution in [0.15, 0.2) is 42.5 Å². The van der Waals surface area contributed by atoms with Crippen LogP contribution in [0, 0.1) is 18.3 Å². The number of nitriles is 1. The molecule has 2 aromatic carbocycles. The van der Waals surface area contributed by atoms with Crippen molar-refractivity contribution in [1.29, 1.82) is 5.26 Å². The monoisotopic (exact) mass is 265 g/mol. The number of benzene rings is 2. The van der Waals surface area contributed by atoms with Gasteiger partial charge < -0.3 is 5.32 Å². The summed E-state index contributed by atoms with van der Waals surface area (Å²) in [6.07, 6.45) is 0. The van der Waals surface area contributed by atoms with Crippen molar-refractivity contribution in [2.24, 2.45) is 0 Å². The molecule has 0 fully saturated rings. The molecule has 19 heavy (non-hydrogen) atoms. The van der Waals surface area contributed by atoms with Gasteiger partial charge >= 0.3 is 0 Å². The van der Waals surface area contributed by atoms with Crippen molar-refractivity contribution in [3.63, 3.8) is 0 Å². The number of fused-ring (bicyclic) bond motifs is 1. The normalized spacial score (nSPS) is 10.3. The van der Waals surface area contributed by atoms with E-state index in [0.29, 0.717) is 5.56 Å². The standard InChI is InChI=1S/C15H11N3S/c1-10-2-7-14-13(8-10)18-15(19-14)17-12-5-3-11(9-16)4-6-12/h2-8H,1H3,(H,17,18). The van der Waals surface area contributed by atoms with Gasteiger partial charge in [0.2, 0.25) is 0 Å². The number of hydrogen-bond acceptors (Lipinski definition) is 4. The van der Waals surface area contributed by atoms with Crippen molar-refractivity contribution in [1.82, 2.24) is 4.98 Å². The molecule has 0 aliphatic rings. The Labute approximate surface area is 115 Å². The minimum absolute atomic E-state index is 0.658. The number of anilines is 2. The van der Waals surface area contributed by atoms with Gasteiger partial charge in [0.05, 0.1) is 21.8 Å². The molecule has 0 atom stereocenters. The first-order valence-electron chi connectivity index (χ1n) is 5.89. The second kappa shape index (κ2) is 4.71. The summed E-state index contributed by atoms with van der Waals surface area (Å²) in [4.78, 5) is 4.55. The highest BCUT2D eigenvalue weighted by Crippen LogP contribution is 2.28. The Morgan fingerprint density at radius 2 is 1.95 bits per heavy atom. The van der Waals surface area contributed by atoms with E-state index >= 15 is 0 Å². The third kappa shape index (κ3) is 2.42. The smallest absolute Gasteiger partial charge is 0.188 e. The largest absolute Gasteiger partial charge is 0.332 e. The van der Waals surface area contributed by atoms with Gasteiger partial charge in [-0.1, -0.05) is 17.4 Å². The van der Waals surface area contributed by atoms with Crippen molar-refractivity contribution < 1.29 is 0 Å². The maximum absolute atomic E-state index is 8.76. The predicted octanol–water partition coefficient (Wildman–Crippen LogP) is 4.22. The van der Waals surface area contributed by atoms with Crippen molar-refractivity contribution >= 4 is 32.4 Å². The highest BCUT2D eigenvalue weighted by atomic mass is 32.1. The van der Waals surface area contributed by atoms with Crippen LogP contribution in [0.4, 0.5) is 10.8 Å². The molecule has 0 radical (unpaired) electrons. The first-order chi connectivity index (χ1) is 9.24. The van der Waals surface area contributed by atoms with E-state index in [1.54, 1.807) is 23.5 Å². The van der Waals surface area contributed by atoms with Crippen molar-refractivity contribution in [3.05, 3.63) is 53.6 Å². The van der Waals surface area contributed by atoms with Crippen LogP contribution in [-0.2, 0) is 0 Å². The lowest BCUT2D eigenvalue weighted by atomic mass is 10.2. The van der Waals surface area contributed by atoms with E-state index in [-0.39, 0.29) is 0 Å². The van der Waals surface area contributed by atoms with Crippen LogP contribution >= 0.6 is 11.3 Å². The Morgan fingerprint density at radius 3 is 2.68 bits per heavy atom. The Kier molecular flexibility index (Phi) is 2.90. The third-order valence-corrected chi connectivity index (χ3v) is 3.76. The molecule has 0 amide bonds. The van der Waals surface area contributed by atoms with Gasteiger partial charge in [-0.05, 0) is 48.9 Å². The molecule has 0 spiro atoms. The molecular weight excluding hydrogens is 254 g/mol. The second-order valence-electron chi connectivity index (χ2n) is 4.30. The summed E-state index contributed by atoms with van der Waals surface area (Å²) in [6, 6.07) is 15.7. The van der Waals surface area contributed by atoms with E-state index in [1.165, 1.54) is 10.3 Å². The lowest BCUT2D eigenvalue weighted by Gasteiger charge is -2.01. The van der Waals surface area contributed by atoms with Gasteiger partial charge in [0.25, 0.3) is 0 Å². The van der Waals surface area contributed by atoms with E-state index in [0.717, 1.165) is 16.3 Å². The number of rotatable bonds is 2. The maximum atomic E-state index is 8.76. The van der Waals surface area contributed by atoms with Gasteiger partial charge in [-0.3, -0.25) is 0 Å². The molecule has 0 saturated heterocycles. The molecule has 0 aliphatic carbocycles. The molecule has 0 saturated carbocycles. The average Bonchev–Trinajstić information content (AvgIpc) is 2.81. The molecule has 0 bridgehead atoms. The Morgan fingerprint density at radius 1 is 1.16 bits per heavy atom. The molecule has 3 nitrogen and oxygen atoms in total. The topological polar surface area (TPSA) is 48.7 Å².